The number of halogens is 1. The maximum absolute atomic E-state index is 4.26. The van der Waals surface area contributed by atoms with Crippen LogP contribution in [-0.4, -0.2) is 16.6 Å². The van der Waals surface area contributed by atoms with E-state index in [9.17, 15) is 0 Å². The van der Waals surface area contributed by atoms with Gasteiger partial charge < -0.3 is 9.88 Å². The fourth-order valence-electron chi connectivity index (χ4n) is 1.72. The maximum atomic E-state index is 4.26. The molecule has 0 atom stereocenters. The Kier molecular flexibility index (Phi) is 3.53. The highest BCUT2D eigenvalue weighted by atomic mass is 127. The lowest BCUT2D eigenvalue weighted by Crippen LogP contribution is -2.35. The molecule has 0 aliphatic heterocycles. The Hall–Kier alpha value is -0.880. The van der Waals surface area contributed by atoms with E-state index in [1.165, 1.54) is 3.57 Å². The summed E-state index contributed by atoms with van der Waals surface area (Å²) in [6.45, 7) is 4.29. The molecule has 0 radical (unpaired) electrons. The van der Waals surface area contributed by atoms with Crippen LogP contribution in [0.4, 0.5) is 0 Å². The van der Waals surface area contributed by atoms with Crippen molar-refractivity contribution < 1.29 is 0 Å². The van der Waals surface area contributed by atoms with E-state index >= 15 is 0 Å². The molecular weight excluding hydrogens is 325 g/mol. The van der Waals surface area contributed by atoms with Gasteiger partial charge in [-0.05, 0) is 61.7 Å². The van der Waals surface area contributed by atoms with Gasteiger partial charge in [0.15, 0.2) is 0 Å². The molecule has 1 N–H and O–H groups in total. The number of rotatable bonds is 3. The molecule has 0 unspecified atom stereocenters. The van der Waals surface area contributed by atoms with Crippen LogP contribution in [0.2, 0.25) is 0 Å². The Balaban J connectivity index is 2.51. The molecular formula is C13H16IN3. The van der Waals surface area contributed by atoms with Crippen molar-refractivity contribution in [1.29, 1.82) is 0 Å². The normalized spacial score (nSPS) is 11.8. The fourth-order valence-corrected chi connectivity index (χ4v) is 2.24. The molecule has 0 aliphatic carbocycles. The summed E-state index contributed by atoms with van der Waals surface area (Å²) in [5, 5.41) is 3.31. The van der Waals surface area contributed by atoms with Gasteiger partial charge in [-0.3, -0.25) is 0 Å². The lowest BCUT2D eigenvalue weighted by Gasteiger charge is -2.25. The summed E-state index contributed by atoms with van der Waals surface area (Å²) in [4.78, 5) is 4.26. The fraction of sp³-hybridized carbons (Fsp3) is 0.308. The third kappa shape index (κ3) is 2.52. The van der Waals surface area contributed by atoms with Gasteiger partial charge >= 0.3 is 0 Å². The van der Waals surface area contributed by atoms with Crippen molar-refractivity contribution in [1.82, 2.24) is 14.9 Å². The zero-order valence-corrected chi connectivity index (χ0v) is 12.4. The van der Waals surface area contributed by atoms with Crippen LogP contribution in [0, 0.1) is 3.57 Å². The van der Waals surface area contributed by atoms with E-state index < -0.39 is 0 Å². The highest BCUT2D eigenvalue weighted by Crippen LogP contribution is 2.23. The average Bonchev–Trinajstić information content (AvgIpc) is 2.78. The minimum atomic E-state index is -0.0994. The Bertz CT molecular complexity index is 517. The van der Waals surface area contributed by atoms with Crippen LogP contribution in [-0.2, 0) is 5.54 Å². The molecule has 0 fully saturated rings. The van der Waals surface area contributed by atoms with E-state index in [1.807, 2.05) is 19.6 Å². The van der Waals surface area contributed by atoms with Crippen molar-refractivity contribution in [3.8, 4) is 5.69 Å². The molecule has 1 aromatic carbocycles. The Labute approximate surface area is 115 Å². The second-order valence-corrected chi connectivity index (χ2v) is 5.75. The summed E-state index contributed by atoms with van der Waals surface area (Å²) in [6, 6.07) is 8.40. The van der Waals surface area contributed by atoms with Crippen LogP contribution < -0.4 is 5.32 Å². The van der Waals surface area contributed by atoms with Gasteiger partial charge in [0, 0.05) is 9.26 Å². The molecule has 4 heteroatoms. The molecule has 0 amide bonds. The van der Waals surface area contributed by atoms with Crippen molar-refractivity contribution in [2.45, 2.75) is 19.4 Å². The Morgan fingerprint density at radius 2 is 2.12 bits per heavy atom. The van der Waals surface area contributed by atoms with Crippen LogP contribution >= 0.6 is 22.6 Å². The third-order valence-electron chi connectivity index (χ3n) is 2.99. The largest absolute Gasteiger partial charge is 0.310 e. The highest BCUT2D eigenvalue weighted by molar-refractivity contribution is 14.1. The zero-order valence-electron chi connectivity index (χ0n) is 10.2. The van der Waals surface area contributed by atoms with Crippen molar-refractivity contribution >= 4 is 22.6 Å². The van der Waals surface area contributed by atoms with E-state index in [-0.39, 0.29) is 5.54 Å². The van der Waals surface area contributed by atoms with Crippen molar-refractivity contribution in [2.75, 3.05) is 7.05 Å². The highest BCUT2D eigenvalue weighted by Gasteiger charge is 2.22. The molecule has 17 heavy (non-hydrogen) atoms. The topological polar surface area (TPSA) is 29.9 Å². The summed E-state index contributed by atoms with van der Waals surface area (Å²) in [6.07, 6.45) is 3.77. The predicted molar refractivity (Wildman–Crippen MR) is 78.4 cm³/mol. The first-order chi connectivity index (χ1) is 8.04. The average molecular weight is 341 g/mol. The van der Waals surface area contributed by atoms with Gasteiger partial charge in [-0.25, -0.2) is 4.98 Å². The van der Waals surface area contributed by atoms with E-state index in [4.69, 9.17) is 0 Å². The first-order valence-electron chi connectivity index (χ1n) is 5.52. The molecule has 2 rings (SSSR count). The summed E-state index contributed by atoms with van der Waals surface area (Å²) in [5.41, 5.74) is 2.20. The molecule has 1 heterocycles. The minimum Gasteiger partial charge on any atom is -0.310 e. The van der Waals surface area contributed by atoms with Gasteiger partial charge in [0.1, 0.15) is 0 Å². The maximum Gasteiger partial charge on any atom is 0.0994 e. The summed E-state index contributed by atoms with van der Waals surface area (Å²) in [5.74, 6) is 0. The number of imidazole rings is 1. The van der Waals surface area contributed by atoms with Gasteiger partial charge in [0.05, 0.1) is 23.8 Å². The van der Waals surface area contributed by atoms with Crippen LogP contribution in [0.1, 0.15) is 19.5 Å². The van der Waals surface area contributed by atoms with Gasteiger partial charge in [-0.15, -0.1) is 0 Å². The zero-order chi connectivity index (χ0) is 12.5. The Morgan fingerprint density at radius 3 is 2.76 bits per heavy atom. The third-order valence-corrected chi connectivity index (χ3v) is 3.66. The monoisotopic (exact) mass is 341 g/mol. The standard InChI is InChI=1S/C13H16IN3/c1-13(2,15-3)12-8-16-9-17(12)11-6-4-5-10(14)7-11/h4-9,15H,1-3H3. The number of hydrogen-bond acceptors (Lipinski definition) is 2. The lowest BCUT2D eigenvalue weighted by molar-refractivity contribution is 0.425. The summed E-state index contributed by atoms with van der Waals surface area (Å²) < 4.78 is 3.35. The molecule has 0 aliphatic rings. The van der Waals surface area contributed by atoms with Crippen LogP contribution in [0.3, 0.4) is 0 Å². The summed E-state index contributed by atoms with van der Waals surface area (Å²) in [7, 11) is 1.96. The quantitative estimate of drug-likeness (QED) is 0.870. The number of nitrogens with one attached hydrogen (secondary N) is 1. The predicted octanol–water partition coefficient (Wildman–Crippen LogP) is 2.93. The van der Waals surface area contributed by atoms with Gasteiger partial charge in [0.2, 0.25) is 0 Å². The van der Waals surface area contributed by atoms with Gasteiger partial charge in [-0.1, -0.05) is 6.07 Å². The van der Waals surface area contributed by atoms with Crippen LogP contribution in [0.15, 0.2) is 36.8 Å². The van der Waals surface area contributed by atoms with Crippen LogP contribution in [0.25, 0.3) is 5.69 Å². The van der Waals surface area contributed by atoms with E-state index in [2.05, 4.69) is 75.6 Å². The number of nitrogens with zero attached hydrogens (tertiary/aromatic N) is 2. The molecule has 90 valence electrons. The van der Waals surface area contributed by atoms with Crippen molar-refractivity contribution in [3.63, 3.8) is 0 Å². The molecule has 0 saturated heterocycles. The van der Waals surface area contributed by atoms with Crippen LogP contribution in [0.5, 0.6) is 0 Å². The number of aromatic nitrogens is 2. The molecule has 1 aromatic heterocycles. The first-order valence-corrected chi connectivity index (χ1v) is 6.60. The lowest BCUT2D eigenvalue weighted by atomic mass is 10.0. The van der Waals surface area contributed by atoms with Crippen molar-refractivity contribution in [2.24, 2.45) is 0 Å². The van der Waals surface area contributed by atoms with E-state index in [1.54, 1.807) is 0 Å². The van der Waals surface area contributed by atoms with Gasteiger partial charge in [0.25, 0.3) is 0 Å². The van der Waals surface area contributed by atoms with Gasteiger partial charge in [-0.2, -0.15) is 0 Å². The number of benzene rings is 1. The minimum absolute atomic E-state index is 0.0994. The molecule has 3 nitrogen and oxygen atoms in total. The van der Waals surface area contributed by atoms with Crippen molar-refractivity contribution in [3.05, 3.63) is 46.1 Å². The summed E-state index contributed by atoms with van der Waals surface area (Å²) >= 11 is 2.32. The Morgan fingerprint density at radius 1 is 1.35 bits per heavy atom. The SMILES string of the molecule is CNC(C)(C)c1cncn1-c1cccc(I)c1. The smallest absolute Gasteiger partial charge is 0.0994 e. The van der Waals surface area contributed by atoms with E-state index in [0.717, 1.165) is 11.4 Å². The second-order valence-electron chi connectivity index (χ2n) is 4.50. The second kappa shape index (κ2) is 4.78. The molecule has 0 bridgehead atoms. The molecule has 0 saturated carbocycles. The van der Waals surface area contributed by atoms with E-state index in [0.29, 0.717) is 0 Å². The first kappa shape index (κ1) is 12.6. The molecule has 2 aromatic rings. The number of hydrogen-bond donors (Lipinski definition) is 1. The molecule has 0 spiro atoms.